The molecule has 0 amide bonds. The molecule has 1 heterocycles. The first-order chi connectivity index (χ1) is 12.6. The van der Waals surface area contributed by atoms with Gasteiger partial charge in [-0.2, -0.15) is 0 Å². The Morgan fingerprint density at radius 2 is 1.96 bits per heavy atom. The van der Waals surface area contributed by atoms with Crippen LogP contribution in [-0.4, -0.2) is 23.4 Å². The largest absolute Gasteiger partial charge is 0.465 e. The van der Waals surface area contributed by atoms with Crippen LogP contribution in [0.3, 0.4) is 0 Å². The zero-order valence-electron chi connectivity index (χ0n) is 14.2. The number of ether oxygens (including phenoxy) is 1. The van der Waals surface area contributed by atoms with E-state index in [0.29, 0.717) is 29.5 Å². The summed E-state index contributed by atoms with van der Waals surface area (Å²) in [6.07, 6.45) is 4.07. The van der Waals surface area contributed by atoms with E-state index in [1.165, 1.54) is 19.2 Å². The van der Waals surface area contributed by atoms with Crippen LogP contribution >= 0.6 is 0 Å². The molecule has 2 aromatic carbocycles. The van der Waals surface area contributed by atoms with Crippen molar-refractivity contribution in [1.29, 1.82) is 0 Å². The highest BCUT2D eigenvalue weighted by Crippen LogP contribution is 2.32. The Balaban J connectivity index is 1.81. The fraction of sp³-hybridized carbons (Fsp3) is 0.143. The number of aromatic nitrogens is 1. The van der Waals surface area contributed by atoms with Gasteiger partial charge in [0.1, 0.15) is 5.82 Å². The number of carbonyl (C=O) groups excluding carboxylic acids is 2. The fourth-order valence-electron chi connectivity index (χ4n) is 3.41. The first-order valence-electron chi connectivity index (χ1n) is 8.27. The summed E-state index contributed by atoms with van der Waals surface area (Å²) in [5.74, 6) is -0.746. The number of carbonyl (C=O) groups is 2. The van der Waals surface area contributed by atoms with Gasteiger partial charge in [0.15, 0.2) is 5.78 Å². The van der Waals surface area contributed by atoms with Crippen molar-refractivity contribution < 1.29 is 18.7 Å². The van der Waals surface area contributed by atoms with E-state index in [1.807, 2.05) is 28.9 Å². The third-order valence-corrected chi connectivity index (χ3v) is 4.64. The number of methoxy groups -OCH3 is 1. The summed E-state index contributed by atoms with van der Waals surface area (Å²) in [6.45, 7) is 0.510. The molecule has 0 saturated heterocycles. The summed E-state index contributed by atoms with van der Waals surface area (Å²) >= 11 is 0. The minimum absolute atomic E-state index is 0.00195. The van der Waals surface area contributed by atoms with Crippen molar-refractivity contribution in [2.45, 2.75) is 13.0 Å². The molecule has 26 heavy (non-hydrogen) atoms. The summed E-state index contributed by atoms with van der Waals surface area (Å²) in [4.78, 5) is 24.0. The molecule has 3 aromatic rings. The minimum Gasteiger partial charge on any atom is -0.465 e. The Bertz CT molecular complexity index is 1060. The van der Waals surface area contributed by atoms with E-state index in [9.17, 15) is 14.0 Å². The molecule has 0 radical (unpaired) electrons. The highest BCUT2D eigenvalue weighted by Gasteiger charge is 2.23. The molecule has 4 rings (SSSR count). The highest BCUT2D eigenvalue weighted by atomic mass is 19.1. The second kappa shape index (κ2) is 6.26. The molecule has 0 N–H and O–H groups in total. The van der Waals surface area contributed by atoms with Gasteiger partial charge in [0.2, 0.25) is 0 Å². The van der Waals surface area contributed by atoms with Crippen LogP contribution in [0, 0.1) is 5.82 Å². The molecule has 130 valence electrons. The quantitative estimate of drug-likeness (QED) is 0.666. The van der Waals surface area contributed by atoms with Crippen molar-refractivity contribution in [2.24, 2.45) is 0 Å². The van der Waals surface area contributed by atoms with Crippen LogP contribution in [0.5, 0.6) is 0 Å². The number of fused-ring (bicyclic) bond motifs is 3. The molecular formula is C21H16FNO3. The number of benzene rings is 2. The number of Topliss-reactive ketones (excluding diaryl/α,β-unsaturated/α-hetero) is 1. The number of allylic oxidation sites excluding steroid dienone is 1. The van der Waals surface area contributed by atoms with Gasteiger partial charge in [-0.15, -0.1) is 0 Å². The minimum atomic E-state index is -0.385. The number of rotatable bonds is 3. The molecule has 0 atom stereocenters. The Kier molecular flexibility index (Phi) is 3.92. The fourth-order valence-corrected chi connectivity index (χ4v) is 3.41. The van der Waals surface area contributed by atoms with E-state index in [2.05, 4.69) is 0 Å². The third kappa shape index (κ3) is 2.62. The lowest BCUT2D eigenvalue weighted by molar-refractivity contribution is 0.0600. The predicted octanol–water partition coefficient (Wildman–Crippen LogP) is 4.21. The van der Waals surface area contributed by atoms with E-state index in [-0.39, 0.29) is 17.6 Å². The van der Waals surface area contributed by atoms with Crippen LogP contribution in [0.2, 0.25) is 0 Å². The van der Waals surface area contributed by atoms with Crippen molar-refractivity contribution in [1.82, 2.24) is 4.57 Å². The van der Waals surface area contributed by atoms with Gasteiger partial charge in [-0.25, -0.2) is 9.18 Å². The molecular weight excluding hydrogens is 333 g/mol. The average molecular weight is 349 g/mol. The first kappa shape index (κ1) is 16.3. The molecule has 4 nitrogen and oxygen atoms in total. The Hall–Kier alpha value is -3.21. The van der Waals surface area contributed by atoms with Gasteiger partial charge in [0.05, 0.1) is 23.9 Å². The van der Waals surface area contributed by atoms with E-state index in [4.69, 9.17) is 4.74 Å². The van der Waals surface area contributed by atoms with Crippen molar-refractivity contribution >= 4 is 28.7 Å². The molecule has 0 saturated carbocycles. The summed E-state index contributed by atoms with van der Waals surface area (Å²) in [5.41, 5.74) is 3.63. The van der Waals surface area contributed by atoms with Crippen LogP contribution in [0.1, 0.15) is 38.4 Å². The molecule has 1 aliphatic carbocycles. The molecule has 0 bridgehead atoms. The average Bonchev–Trinajstić information content (AvgIpc) is 2.96. The summed E-state index contributed by atoms with van der Waals surface area (Å²) in [5, 5.41) is 0.639. The van der Waals surface area contributed by atoms with Crippen LogP contribution in [0.4, 0.5) is 4.39 Å². The van der Waals surface area contributed by atoms with Crippen LogP contribution < -0.4 is 0 Å². The zero-order chi connectivity index (χ0) is 18.3. The molecule has 0 unspecified atom stereocenters. The first-order valence-corrected chi connectivity index (χ1v) is 8.27. The number of ketones is 1. The van der Waals surface area contributed by atoms with E-state index >= 15 is 0 Å². The van der Waals surface area contributed by atoms with Crippen LogP contribution in [0.15, 0.2) is 48.5 Å². The standard InChI is InChI=1S/C21H16FNO3/c1-26-21(25)14-7-5-13(6-8-14)12-23-17-10-9-15(22)11-16(17)20-18(23)3-2-4-19(20)24/h2-3,5-11H,4,12H2,1H3. The maximum absolute atomic E-state index is 13.7. The van der Waals surface area contributed by atoms with E-state index < -0.39 is 0 Å². The maximum Gasteiger partial charge on any atom is 0.337 e. The second-order valence-corrected chi connectivity index (χ2v) is 6.23. The van der Waals surface area contributed by atoms with Crippen molar-refractivity contribution in [3.05, 3.63) is 76.7 Å². The van der Waals surface area contributed by atoms with Crippen molar-refractivity contribution in [2.75, 3.05) is 7.11 Å². The zero-order valence-corrected chi connectivity index (χ0v) is 14.2. The Morgan fingerprint density at radius 1 is 1.19 bits per heavy atom. The number of halogens is 1. The van der Waals surface area contributed by atoms with Gasteiger partial charge in [0.25, 0.3) is 0 Å². The molecule has 5 heteroatoms. The number of nitrogens with zero attached hydrogens (tertiary/aromatic N) is 1. The van der Waals surface area contributed by atoms with Gasteiger partial charge in [-0.3, -0.25) is 4.79 Å². The van der Waals surface area contributed by atoms with Crippen LogP contribution in [0.25, 0.3) is 17.0 Å². The summed E-state index contributed by atoms with van der Waals surface area (Å²) in [6, 6.07) is 11.6. The molecule has 0 fully saturated rings. The normalized spacial score (nSPS) is 13.1. The van der Waals surface area contributed by atoms with Gasteiger partial charge in [-0.05, 0) is 42.0 Å². The third-order valence-electron chi connectivity index (χ3n) is 4.64. The lowest BCUT2D eigenvalue weighted by atomic mass is 9.99. The molecule has 1 aliphatic rings. The number of hydrogen-bond donors (Lipinski definition) is 0. The molecule has 0 aliphatic heterocycles. The van der Waals surface area contributed by atoms with Gasteiger partial charge in [-0.1, -0.05) is 18.2 Å². The van der Waals surface area contributed by atoms with Crippen LogP contribution in [-0.2, 0) is 11.3 Å². The Labute approximate surface area is 149 Å². The number of hydrogen-bond acceptors (Lipinski definition) is 3. The predicted molar refractivity (Wildman–Crippen MR) is 96.8 cm³/mol. The molecule has 0 spiro atoms. The Morgan fingerprint density at radius 3 is 2.69 bits per heavy atom. The SMILES string of the molecule is COC(=O)c1ccc(Cn2c3c(c4cc(F)ccc42)C(=O)CC=C3)cc1. The topological polar surface area (TPSA) is 48.3 Å². The van der Waals surface area contributed by atoms with Crippen molar-refractivity contribution in [3.8, 4) is 0 Å². The maximum atomic E-state index is 13.7. The van der Waals surface area contributed by atoms with E-state index in [0.717, 1.165) is 16.8 Å². The number of esters is 1. The van der Waals surface area contributed by atoms with Gasteiger partial charge in [0, 0.05) is 23.9 Å². The highest BCUT2D eigenvalue weighted by molar-refractivity contribution is 6.13. The second-order valence-electron chi connectivity index (χ2n) is 6.23. The summed E-state index contributed by atoms with van der Waals surface area (Å²) in [7, 11) is 1.34. The smallest absolute Gasteiger partial charge is 0.337 e. The van der Waals surface area contributed by atoms with Gasteiger partial charge < -0.3 is 9.30 Å². The molecule has 1 aromatic heterocycles. The summed E-state index contributed by atoms with van der Waals surface area (Å²) < 4.78 is 20.5. The van der Waals surface area contributed by atoms with Gasteiger partial charge >= 0.3 is 5.97 Å². The van der Waals surface area contributed by atoms with Crippen molar-refractivity contribution in [3.63, 3.8) is 0 Å². The lowest BCUT2D eigenvalue weighted by Gasteiger charge is -2.12. The van der Waals surface area contributed by atoms with E-state index in [1.54, 1.807) is 18.2 Å². The monoisotopic (exact) mass is 349 g/mol. The lowest BCUT2D eigenvalue weighted by Crippen LogP contribution is -2.08.